The van der Waals surface area contributed by atoms with E-state index in [2.05, 4.69) is 10.3 Å². The molecule has 0 spiro atoms. The number of fused-ring (bicyclic) bond motifs is 1. The van der Waals surface area contributed by atoms with Crippen LogP contribution in [0.1, 0.15) is 28.4 Å². The normalized spacial score (nSPS) is 15.1. The molecule has 9 heteroatoms. The summed E-state index contributed by atoms with van der Waals surface area (Å²) in [5.74, 6) is 1.21. The van der Waals surface area contributed by atoms with Crippen LogP contribution in [0.4, 0.5) is 5.69 Å². The van der Waals surface area contributed by atoms with Crippen molar-refractivity contribution >= 4 is 29.1 Å². The lowest BCUT2D eigenvalue weighted by atomic mass is 10.1. The van der Waals surface area contributed by atoms with Gasteiger partial charge in [0.05, 0.1) is 19.8 Å². The zero-order valence-corrected chi connectivity index (χ0v) is 19.8. The van der Waals surface area contributed by atoms with Crippen LogP contribution in [0, 0.1) is 0 Å². The maximum Gasteiger partial charge on any atom is 0.263 e. The second-order valence-corrected chi connectivity index (χ2v) is 8.08. The summed E-state index contributed by atoms with van der Waals surface area (Å²) in [6.45, 7) is 2.30. The van der Waals surface area contributed by atoms with Crippen LogP contribution in [0.2, 0.25) is 5.15 Å². The molecule has 2 aromatic carbocycles. The number of anilines is 1. The molecule has 2 amide bonds. The molecule has 0 fully saturated rings. The number of rotatable bonds is 6. The molecular formula is C25H24ClN3O5. The van der Waals surface area contributed by atoms with Crippen LogP contribution >= 0.6 is 11.6 Å². The molecule has 8 nitrogen and oxygen atoms in total. The first-order valence-electron chi connectivity index (χ1n) is 10.6. The van der Waals surface area contributed by atoms with Gasteiger partial charge >= 0.3 is 0 Å². The summed E-state index contributed by atoms with van der Waals surface area (Å²) >= 11 is 6.04. The number of methoxy groups -OCH3 is 2. The first-order chi connectivity index (χ1) is 16.4. The highest BCUT2D eigenvalue weighted by Crippen LogP contribution is 2.34. The Hall–Kier alpha value is -3.78. The largest absolute Gasteiger partial charge is 0.493 e. The van der Waals surface area contributed by atoms with E-state index in [0.29, 0.717) is 29.5 Å². The van der Waals surface area contributed by atoms with Crippen LogP contribution in [0.3, 0.4) is 0 Å². The average molecular weight is 482 g/mol. The Balaban J connectivity index is 1.61. The molecule has 0 saturated heterocycles. The van der Waals surface area contributed by atoms with E-state index in [9.17, 15) is 9.59 Å². The maximum atomic E-state index is 13.1. The van der Waals surface area contributed by atoms with E-state index in [1.807, 2.05) is 12.1 Å². The molecule has 1 atom stereocenters. The molecular weight excluding hydrogens is 458 g/mol. The lowest BCUT2D eigenvalue weighted by molar-refractivity contribution is -0.138. The van der Waals surface area contributed by atoms with Gasteiger partial charge in [-0.1, -0.05) is 23.7 Å². The Morgan fingerprint density at radius 2 is 2.03 bits per heavy atom. The van der Waals surface area contributed by atoms with Gasteiger partial charge < -0.3 is 24.4 Å². The van der Waals surface area contributed by atoms with Crippen molar-refractivity contribution < 1.29 is 23.8 Å². The number of nitrogens with one attached hydrogen (secondary N) is 1. The minimum atomic E-state index is -0.674. The monoisotopic (exact) mass is 481 g/mol. The van der Waals surface area contributed by atoms with Gasteiger partial charge in [0.1, 0.15) is 10.9 Å². The minimum absolute atomic E-state index is 0.121. The van der Waals surface area contributed by atoms with Crippen molar-refractivity contribution in [2.45, 2.75) is 26.1 Å². The van der Waals surface area contributed by atoms with Crippen molar-refractivity contribution in [2.24, 2.45) is 0 Å². The standard InChI is InChI=1S/C25H24ClN3O5/c1-15-25(31)29(13-16-6-4-8-21(32-2)22(16)33-3)14-17-12-18(9-10-20(17)34-15)28-24(30)19-7-5-11-27-23(19)26/h4-12,15H,13-14H2,1-3H3,(H,28,30)/t15-/m1/s1. The summed E-state index contributed by atoms with van der Waals surface area (Å²) in [4.78, 5) is 31.4. The molecule has 0 unspecified atom stereocenters. The quantitative estimate of drug-likeness (QED) is 0.527. The summed E-state index contributed by atoms with van der Waals surface area (Å²) in [6.07, 6.45) is 0.843. The number of ether oxygens (including phenoxy) is 3. The number of amides is 2. The fraction of sp³-hybridized carbons (Fsp3) is 0.240. The predicted molar refractivity (Wildman–Crippen MR) is 128 cm³/mol. The predicted octanol–water partition coefficient (Wildman–Crippen LogP) is 4.31. The fourth-order valence-electron chi connectivity index (χ4n) is 3.85. The van der Waals surface area contributed by atoms with Gasteiger partial charge in [0.15, 0.2) is 17.6 Å². The highest BCUT2D eigenvalue weighted by molar-refractivity contribution is 6.33. The van der Waals surface area contributed by atoms with E-state index in [1.54, 1.807) is 62.4 Å². The molecule has 34 heavy (non-hydrogen) atoms. The highest BCUT2D eigenvalue weighted by Gasteiger charge is 2.29. The number of benzene rings is 2. The van der Waals surface area contributed by atoms with E-state index in [0.717, 1.165) is 11.1 Å². The maximum absolute atomic E-state index is 13.1. The van der Waals surface area contributed by atoms with Gasteiger partial charge in [0, 0.05) is 36.1 Å². The molecule has 1 aromatic heterocycles. The van der Waals surface area contributed by atoms with Crippen molar-refractivity contribution in [1.29, 1.82) is 0 Å². The Morgan fingerprint density at radius 3 is 2.76 bits per heavy atom. The molecule has 0 aliphatic carbocycles. The van der Waals surface area contributed by atoms with Crippen LogP contribution in [0.15, 0.2) is 54.7 Å². The third-order valence-corrected chi connectivity index (χ3v) is 5.79. The van der Waals surface area contributed by atoms with Crippen molar-refractivity contribution in [3.05, 3.63) is 76.6 Å². The number of carbonyl (C=O) groups is 2. The summed E-state index contributed by atoms with van der Waals surface area (Å²) in [7, 11) is 3.13. The Morgan fingerprint density at radius 1 is 1.21 bits per heavy atom. The molecule has 0 saturated carbocycles. The second-order valence-electron chi connectivity index (χ2n) is 7.73. The molecule has 3 aromatic rings. The van der Waals surface area contributed by atoms with Crippen LogP contribution in [0.25, 0.3) is 0 Å². The van der Waals surface area contributed by atoms with Gasteiger partial charge in [-0.3, -0.25) is 9.59 Å². The van der Waals surface area contributed by atoms with E-state index in [1.165, 1.54) is 6.20 Å². The van der Waals surface area contributed by atoms with Crippen molar-refractivity contribution in [2.75, 3.05) is 19.5 Å². The zero-order chi connectivity index (χ0) is 24.2. The molecule has 0 radical (unpaired) electrons. The fourth-order valence-corrected chi connectivity index (χ4v) is 4.05. The van der Waals surface area contributed by atoms with Gasteiger partial charge in [0.2, 0.25) is 0 Å². The summed E-state index contributed by atoms with van der Waals surface area (Å²) in [5.41, 5.74) is 2.38. The molecule has 2 heterocycles. The Kier molecular flexibility index (Phi) is 6.88. The third kappa shape index (κ3) is 4.77. The topological polar surface area (TPSA) is 90.0 Å². The third-order valence-electron chi connectivity index (χ3n) is 5.49. The summed E-state index contributed by atoms with van der Waals surface area (Å²) in [5, 5.41) is 2.95. The number of hydrogen-bond donors (Lipinski definition) is 1. The number of aromatic nitrogens is 1. The summed E-state index contributed by atoms with van der Waals surface area (Å²) in [6, 6.07) is 14.0. The molecule has 1 aliphatic heterocycles. The van der Waals surface area contributed by atoms with Crippen LogP contribution in [-0.4, -0.2) is 42.0 Å². The van der Waals surface area contributed by atoms with Gasteiger partial charge in [-0.25, -0.2) is 4.98 Å². The molecule has 0 bridgehead atoms. The van der Waals surface area contributed by atoms with E-state index in [-0.39, 0.29) is 29.1 Å². The van der Waals surface area contributed by atoms with E-state index >= 15 is 0 Å². The molecule has 1 N–H and O–H groups in total. The average Bonchev–Trinajstić information content (AvgIpc) is 2.95. The molecule has 1 aliphatic rings. The zero-order valence-electron chi connectivity index (χ0n) is 19.0. The Labute approximate surface area is 202 Å². The van der Waals surface area contributed by atoms with Gasteiger partial charge in [-0.2, -0.15) is 0 Å². The molecule has 4 rings (SSSR count). The van der Waals surface area contributed by atoms with Gasteiger partial charge in [-0.05, 0) is 43.3 Å². The first kappa shape index (κ1) is 23.4. The van der Waals surface area contributed by atoms with E-state index < -0.39 is 6.10 Å². The number of halogens is 1. The van der Waals surface area contributed by atoms with E-state index in [4.69, 9.17) is 25.8 Å². The molecule has 176 valence electrons. The van der Waals surface area contributed by atoms with Crippen molar-refractivity contribution in [3.63, 3.8) is 0 Å². The number of carbonyl (C=O) groups excluding carboxylic acids is 2. The number of hydrogen-bond acceptors (Lipinski definition) is 6. The van der Waals surface area contributed by atoms with Crippen LogP contribution in [0.5, 0.6) is 17.2 Å². The number of pyridine rings is 1. The van der Waals surface area contributed by atoms with Crippen molar-refractivity contribution in [1.82, 2.24) is 9.88 Å². The highest BCUT2D eigenvalue weighted by atomic mass is 35.5. The Bertz CT molecular complexity index is 1230. The lowest BCUT2D eigenvalue weighted by Gasteiger charge is -2.24. The van der Waals surface area contributed by atoms with Gasteiger partial charge in [0.25, 0.3) is 11.8 Å². The van der Waals surface area contributed by atoms with Crippen LogP contribution < -0.4 is 19.5 Å². The number of nitrogens with zero attached hydrogens (tertiary/aromatic N) is 2. The smallest absolute Gasteiger partial charge is 0.263 e. The first-order valence-corrected chi connectivity index (χ1v) is 11.0. The SMILES string of the molecule is COc1cccc(CN2Cc3cc(NC(=O)c4cccnc4Cl)ccc3O[C@H](C)C2=O)c1OC. The second kappa shape index (κ2) is 10.0. The summed E-state index contributed by atoms with van der Waals surface area (Å²) < 4.78 is 16.8. The number of para-hydroxylation sites is 1. The van der Waals surface area contributed by atoms with Gasteiger partial charge in [-0.15, -0.1) is 0 Å². The van der Waals surface area contributed by atoms with Crippen molar-refractivity contribution in [3.8, 4) is 17.2 Å². The van der Waals surface area contributed by atoms with Crippen LogP contribution in [-0.2, 0) is 17.9 Å². The lowest BCUT2D eigenvalue weighted by Crippen LogP contribution is -2.37. The minimum Gasteiger partial charge on any atom is -0.493 e.